The molecular weight excluding hydrogens is 415 g/mol. The average molecular weight is 429 g/mol. The van der Waals surface area contributed by atoms with E-state index < -0.39 is 5.91 Å². The highest BCUT2D eigenvalue weighted by atomic mass is 35.5. The summed E-state index contributed by atoms with van der Waals surface area (Å²) < 4.78 is 15.2. The molecule has 1 aliphatic rings. The SMILES string of the molecule is CCCn1c(=NC(=O)c2cc(Cl)sc2Cl)sc2cc3c(cc21)OCCO3. The number of aryl methyl sites for hydroxylation is 1. The Morgan fingerprint density at radius 3 is 2.58 bits per heavy atom. The number of carbonyl (C=O) groups excluding carboxylic acids is 1. The van der Waals surface area contributed by atoms with Crippen molar-refractivity contribution >= 4 is 62.0 Å². The molecule has 0 fully saturated rings. The molecule has 4 rings (SSSR count). The first-order valence-corrected chi connectivity index (χ1v) is 10.4. The highest BCUT2D eigenvalue weighted by molar-refractivity contribution is 7.20. The zero-order valence-corrected chi connectivity index (χ0v) is 16.9. The van der Waals surface area contributed by atoms with Gasteiger partial charge in [0.2, 0.25) is 0 Å². The Hall–Kier alpha value is -1.54. The maximum atomic E-state index is 12.6. The van der Waals surface area contributed by atoms with Gasteiger partial charge in [0.15, 0.2) is 16.3 Å². The normalized spacial score (nSPS) is 14.2. The molecule has 0 spiro atoms. The van der Waals surface area contributed by atoms with E-state index in [1.54, 1.807) is 6.07 Å². The van der Waals surface area contributed by atoms with E-state index in [2.05, 4.69) is 11.9 Å². The fourth-order valence-electron chi connectivity index (χ4n) is 2.76. The fourth-order valence-corrected chi connectivity index (χ4v) is 5.28. The number of rotatable bonds is 3. The summed E-state index contributed by atoms with van der Waals surface area (Å²) in [5.74, 6) is 1.04. The Morgan fingerprint density at radius 2 is 1.92 bits per heavy atom. The van der Waals surface area contributed by atoms with E-state index in [0.29, 0.717) is 32.3 Å². The number of hydrogen-bond acceptors (Lipinski definition) is 5. The van der Waals surface area contributed by atoms with Crippen molar-refractivity contribution in [2.75, 3.05) is 13.2 Å². The number of benzene rings is 1. The monoisotopic (exact) mass is 428 g/mol. The predicted octanol–water partition coefficient (Wildman–Crippen LogP) is 4.99. The van der Waals surface area contributed by atoms with Crippen LogP contribution in [0, 0.1) is 0 Å². The van der Waals surface area contributed by atoms with E-state index >= 15 is 0 Å². The van der Waals surface area contributed by atoms with E-state index in [-0.39, 0.29) is 0 Å². The molecule has 0 saturated carbocycles. The molecular formula is C17H14Cl2N2O3S2. The molecule has 0 unspecified atom stereocenters. The summed E-state index contributed by atoms with van der Waals surface area (Å²) >= 11 is 14.6. The molecule has 0 aliphatic carbocycles. The lowest BCUT2D eigenvalue weighted by molar-refractivity contribution is 0.0998. The van der Waals surface area contributed by atoms with Crippen LogP contribution in [0.4, 0.5) is 0 Å². The van der Waals surface area contributed by atoms with Gasteiger partial charge in [-0.1, -0.05) is 41.5 Å². The second-order valence-corrected chi connectivity index (χ2v) is 8.95. The summed E-state index contributed by atoms with van der Waals surface area (Å²) in [6, 6.07) is 5.45. The Morgan fingerprint density at radius 1 is 1.19 bits per heavy atom. The lowest BCUT2D eigenvalue weighted by Crippen LogP contribution is -2.17. The third-order valence-corrected chi connectivity index (χ3v) is 6.41. The van der Waals surface area contributed by atoms with Gasteiger partial charge in [-0.2, -0.15) is 4.99 Å². The summed E-state index contributed by atoms with van der Waals surface area (Å²) in [4.78, 5) is 17.5. The second-order valence-electron chi connectivity index (χ2n) is 5.65. The number of aromatic nitrogens is 1. The van der Waals surface area contributed by atoms with Gasteiger partial charge in [0.25, 0.3) is 5.91 Å². The predicted molar refractivity (Wildman–Crippen MR) is 105 cm³/mol. The van der Waals surface area contributed by atoms with E-state index in [1.165, 1.54) is 11.3 Å². The number of thiazole rings is 1. The Kier molecular flexibility index (Phi) is 4.96. The molecule has 136 valence electrons. The molecule has 0 N–H and O–H groups in total. The quantitative estimate of drug-likeness (QED) is 0.589. The molecule has 9 heteroatoms. The fraction of sp³-hybridized carbons (Fsp3) is 0.294. The van der Waals surface area contributed by atoms with Crippen LogP contribution in [-0.4, -0.2) is 23.7 Å². The first-order valence-electron chi connectivity index (χ1n) is 8.03. The first-order chi connectivity index (χ1) is 12.6. The van der Waals surface area contributed by atoms with Gasteiger partial charge in [0, 0.05) is 18.7 Å². The number of thiophene rings is 1. The standard InChI is InChI=1S/C17H14Cl2N2O3S2/c1-2-3-21-10-7-11-12(24-5-4-23-11)8-13(10)25-17(21)20-16(22)9-6-14(18)26-15(9)19/h6-8H,2-5H2,1H3. The topological polar surface area (TPSA) is 52.8 Å². The number of nitrogens with zero attached hydrogens (tertiary/aromatic N) is 2. The smallest absolute Gasteiger partial charge is 0.282 e. The summed E-state index contributed by atoms with van der Waals surface area (Å²) in [5.41, 5.74) is 1.30. The summed E-state index contributed by atoms with van der Waals surface area (Å²) in [7, 11) is 0. The molecule has 3 aromatic rings. The van der Waals surface area contributed by atoms with E-state index in [4.69, 9.17) is 32.7 Å². The zero-order valence-electron chi connectivity index (χ0n) is 13.8. The van der Waals surface area contributed by atoms with Gasteiger partial charge < -0.3 is 14.0 Å². The van der Waals surface area contributed by atoms with E-state index in [9.17, 15) is 4.79 Å². The third-order valence-electron chi connectivity index (χ3n) is 3.88. The molecule has 0 bridgehead atoms. The van der Waals surface area contributed by atoms with Gasteiger partial charge in [0.1, 0.15) is 17.6 Å². The number of ether oxygens (including phenoxy) is 2. The van der Waals surface area contributed by atoms with Crippen molar-refractivity contribution < 1.29 is 14.3 Å². The number of amides is 1. The number of hydrogen-bond donors (Lipinski definition) is 0. The third kappa shape index (κ3) is 3.24. The average Bonchev–Trinajstić information content (AvgIpc) is 3.12. The van der Waals surface area contributed by atoms with E-state index in [1.807, 2.05) is 16.7 Å². The van der Waals surface area contributed by atoms with Crippen LogP contribution in [0.5, 0.6) is 11.5 Å². The number of halogens is 2. The van der Waals surface area contributed by atoms with Crippen LogP contribution in [0.15, 0.2) is 23.2 Å². The number of carbonyl (C=O) groups is 1. The molecule has 0 atom stereocenters. The van der Waals surface area contributed by atoms with Crippen molar-refractivity contribution in [3.8, 4) is 11.5 Å². The van der Waals surface area contributed by atoms with Crippen molar-refractivity contribution in [2.24, 2.45) is 4.99 Å². The Balaban J connectivity index is 1.86. The molecule has 1 aromatic carbocycles. The van der Waals surface area contributed by atoms with Crippen molar-refractivity contribution in [3.63, 3.8) is 0 Å². The van der Waals surface area contributed by atoms with Crippen LogP contribution in [0.1, 0.15) is 23.7 Å². The molecule has 2 aromatic heterocycles. The van der Waals surface area contributed by atoms with Crippen LogP contribution < -0.4 is 14.3 Å². The largest absolute Gasteiger partial charge is 0.486 e. The van der Waals surface area contributed by atoms with E-state index in [0.717, 1.165) is 46.0 Å². The molecule has 1 aliphatic heterocycles. The second kappa shape index (κ2) is 7.23. The minimum Gasteiger partial charge on any atom is -0.486 e. The van der Waals surface area contributed by atoms with Gasteiger partial charge in [-0.05, 0) is 12.5 Å². The summed E-state index contributed by atoms with van der Waals surface area (Å²) in [5, 5.41) is 0. The highest BCUT2D eigenvalue weighted by Crippen LogP contribution is 2.36. The molecule has 5 nitrogen and oxygen atoms in total. The highest BCUT2D eigenvalue weighted by Gasteiger charge is 2.18. The minimum atomic E-state index is -0.396. The van der Waals surface area contributed by atoms with Gasteiger partial charge in [-0.3, -0.25) is 4.79 Å². The molecule has 0 radical (unpaired) electrons. The van der Waals surface area contributed by atoms with Crippen molar-refractivity contribution in [1.82, 2.24) is 4.57 Å². The summed E-state index contributed by atoms with van der Waals surface area (Å²) in [6.07, 6.45) is 0.909. The van der Waals surface area contributed by atoms with Gasteiger partial charge >= 0.3 is 0 Å². The van der Waals surface area contributed by atoms with Crippen LogP contribution in [0.25, 0.3) is 10.2 Å². The van der Waals surface area contributed by atoms with Gasteiger partial charge in [0.05, 0.1) is 20.1 Å². The maximum Gasteiger partial charge on any atom is 0.282 e. The zero-order chi connectivity index (χ0) is 18.3. The lowest BCUT2D eigenvalue weighted by atomic mass is 10.2. The maximum absolute atomic E-state index is 12.6. The van der Waals surface area contributed by atoms with Gasteiger partial charge in [-0.15, -0.1) is 11.3 Å². The molecule has 3 heterocycles. The van der Waals surface area contributed by atoms with Gasteiger partial charge in [-0.25, -0.2) is 0 Å². The van der Waals surface area contributed by atoms with Crippen molar-refractivity contribution in [2.45, 2.75) is 19.9 Å². The molecule has 26 heavy (non-hydrogen) atoms. The molecule has 1 amide bonds. The van der Waals surface area contributed by atoms with Crippen molar-refractivity contribution in [1.29, 1.82) is 0 Å². The first kappa shape index (κ1) is 17.9. The molecule has 0 saturated heterocycles. The Bertz CT molecular complexity index is 1070. The van der Waals surface area contributed by atoms with Crippen LogP contribution in [0.2, 0.25) is 8.67 Å². The van der Waals surface area contributed by atoms with Crippen molar-refractivity contribution in [3.05, 3.63) is 37.2 Å². The Labute approximate surface area is 167 Å². The minimum absolute atomic E-state index is 0.327. The van der Waals surface area contributed by atoms with Crippen LogP contribution in [0.3, 0.4) is 0 Å². The lowest BCUT2D eigenvalue weighted by Gasteiger charge is -2.18. The van der Waals surface area contributed by atoms with Crippen LogP contribution in [-0.2, 0) is 6.54 Å². The van der Waals surface area contributed by atoms with Crippen LogP contribution >= 0.6 is 45.9 Å². The summed E-state index contributed by atoms with van der Waals surface area (Å²) in [6.45, 7) is 3.88. The number of fused-ring (bicyclic) bond motifs is 2.